The maximum atomic E-state index is 12.7. The van der Waals surface area contributed by atoms with Gasteiger partial charge in [-0.3, -0.25) is 14.5 Å². The molecule has 1 aliphatic carbocycles. The minimum Gasteiger partial charge on any atom is -0.465 e. The second kappa shape index (κ2) is 6.25. The molecule has 1 aliphatic heterocycles. The van der Waals surface area contributed by atoms with Gasteiger partial charge in [-0.15, -0.1) is 0 Å². The van der Waals surface area contributed by atoms with Crippen molar-refractivity contribution in [2.75, 3.05) is 20.2 Å². The first-order valence-corrected chi connectivity index (χ1v) is 8.56. The predicted octanol–water partition coefficient (Wildman–Crippen LogP) is 2.96. The van der Waals surface area contributed by atoms with E-state index < -0.39 is 11.9 Å². The Labute approximate surface area is 141 Å². The van der Waals surface area contributed by atoms with Gasteiger partial charge in [0.15, 0.2) is 5.78 Å². The Bertz CT molecular complexity index is 645. The lowest BCUT2D eigenvalue weighted by Gasteiger charge is -2.49. The van der Waals surface area contributed by atoms with Crippen LogP contribution in [0.15, 0.2) is 18.2 Å². The van der Waals surface area contributed by atoms with Crippen LogP contribution in [0, 0.1) is 5.92 Å². The van der Waals surface area contributed by atoms with Crippen molar-refractivity contribution in [2.45, 2.75) is 38.1 Å². The van der Waals surface area contributed by atoms with E-state index >= 15 is 0 Å². The molecule has 4 nitrogen and oxygen atoms in total. The molecule has 0 N–H and O–H groups in total. The van der Waals surface area contributed by atoms with Gasteiger partial charge in [-0.1, -0.05) is 23.7 Å². The average Bonchev–Trinajstić information content (AvgIpc) is 2.52. The van der Waals surface area contributed by atoms with Gasteiger partial charge in [-0.05, 0) is 50.4 Å². The molecule has 1 heterocycles. The second-order valence-corrected chi connectivity index (χ2v) is 6.89. The maximum Gasteiger partial charge on any atom is 0.317 e. The van der Waals surface area contributed by atoms with Crippen molar-refractivity contribution in [1.29, 1.82) is 0 Å². The van der Waals surface area contributed by atoms with Gasteiger partial charge in [0, 0.05) is 18.0 Å². The van der Waals surface area contributed by atoms with Gasteiger partial charge in [-0.2, -0.15) is 0 Å². The largest absolute Gasteiger partial charge is 0.465 e. The minimum atomic E-state index is -0.671. The normalized spacial score (nSPS) is 27.8. The van der Waals surface area contributed by atoms with Gasteiger partial charge >= 0.3 is 5.97 Å². The molecular formula is C18H22ClNO3. The number of ketones is 1. The number of hydrogen-bond acceptors (Lipinski definition) is 4. The van der Waals surface area contributed by atoms with Crippen LogP contribution in [-0.2, 0) is 26.3 Å². The fourth-order valence-corrected chi connectivity index (χ4v) is 4.34. The summed E-state index contributed by atoms with van der Waals surface area (Å²) < 4.78 is 5.06. The molecule has 0 bridgehead atoms. The summed E-state index contributed by atoms with van der Waals surface area (Å²) in [5, 5.41) is 0.773. The first-order valence-electron chi connectivity index (χ1n) is 8.18. The first-order chi connectivity index (χ1) is 11.0. The first kappa shape index (κ1) is 16.5. The van der Waals surface area contributed by atoms with Crippen molar-refractivity contribution in [1.82, 2.24) is 4.90 Å². The number of benzene rings is 1. The molecule has 1 fully saturated rings. The zero-order valence-corrected chi connectivity index (χ0v) is 14.4. The van der Waals surface area contributed by atoms with E-state index in [2.05, 4.69) is 11.0 Å². The number of carbonyl (C=O) groups excluding carboxylic acids is 2. The Kier molecular flexibility index (Phi) is 4.47. The zero-order valence-electron chi connectivity index (χ0n) is 13.6. The third kappa shape index (κ3) is 2.68. The van der Waals surface area contributed by atoms with Crippen LogP contribution in [0.25, 0.3) is 0 Å². The summed E-state index contributed by atoms with van der Waals surface area (Å²) in [7, 11) is 1.99. The van der Waals surface area contributed by atoms with E-state index in [0.717, 1.165) is 35.4 Å². The van der Waals surface area contributed by atoms with Crippen LogP contribution in [0.4, 0.5) is 0 Å². The van der Waals surface area contributed by atoms with Crippen molar-refractivity contribution >= 4 is 23.4 Å². The van der Waals surface area contributed by atoms with E-state index in [1.54, 1.807) is 6.92 Å². The van der Waals surface area contributed by atoms with Gasteiger partial charge in [-0.25, -0.2) is 0 Å². The Morgan fingerprint density at radius 1 is 1.48 bits per heavy atom. The third-order valence-electron chi connectivity index (χ3n) is 5.25. The third-order valence-corrected chi connectivity index (χ3v) is 5.61. The van der Waals surface area contributed by atoms with E-state index in [-0.39, 0.29) is 11.3 Å². The number of halogens is 1. The highest BCUT2D eigenvalue weighted by atomic mass is 35.5. The molecule has 0 saturated carbocycles. The van der Waals surface area contributed by atoms with Crippen LogP contribution in [0.5, 0.6) is 0 Å². The standard InChI is InChI=1S/C18H22ClNO3/c1-3-23-17(22)13-11-20(2)18(10-16(13)21)9-5-6-12-14(18)7-4-8-15(12)19/h4,7-8,13H,3,5-6,9-11H2,1-2H3. The van der Waals surface area contributed by atoms with Gasteiger partial charge < -0.3 is 4.74 Å². The number of likely N-dealkylation sites (tertiary alicyclic amines) is 1. The Hall–Kier alpha value is -1.39. The van der Waals surface area contributed by atoms with Crippen molar-refractivity contribution in [3.63, 3.8) is 0 Å². The molecule has 3 rings (SSSR count). The summed E-state index contributed by atoms with van der Waals surface area (Å²) in [6.07, 6.45) is 3.21. The van der Waals surface area contributed by atoms with Crippen molar-refractivity contribution in [2.24, 2.45) is 5.92 Å². The molecule has 1 saturated heterocycles. The number of rotatable bonds is 2. The topological polar surface area (TPSA) is 46.6 Å². The van der Waals surface area contributed by atoms with Crippen LogP contribution < -0.4 is 0 Å². The van der Waals surface area contributed by atoms with Crippen molar-refractivity contribution in [3.8, 4) is 0 Å². The number of nitrogens with zero attached hydrogens (tertiary/aromatic N) is 1. The molecule has 2 aliphatic rings. The summed E-state index contributed by atoms with van der Waals surface area (Å²) in [6, 6.07) is 5.93. The summed E-state index contributed by atoms with van der Waals surface area (Å²) in [5.41, 5.74) is 1.96. The fraction of sp³-hybridized carbons (Fsp3) is 0.556. The molecular weight excluding hydrogens is 314 g/mol. The number of carbonyl (C=O) groups is 2. The quantitative estimate of drug-likeness (QED) is 0.616. The molecule has 5 heteroatoms. The van der Waals surface area contributed by atoms with Crippen molar-refractivity contribution in [3.05, 3.63) is 34.3 Å². The van der Waals surface area contributed by atoms with Crippen LogP contribution in [0.2, 0.25) is 5.02 Å². The lowest BCUT2D eigenvalue weighted by molar-refractivity contribution is -0.157. The summed E-state index contributed by atoms with van der Waals surface area (Å²) in [6.45, 7) is 2.47. The predicted molar refractivity (Wildman–Crippen MR) is 88.4 cm³/mol. The Morgan fingerprint density at radius 3 is 3.00 bits per heavy atom. The lowest BCUT2D eigenvalue weighted by Crippen LogP contribution is -2.56. The smallest absolute Gasteiger partial charge is 0.317 e. The lowest BCUT2D eigenvalue weighted by atomic mass is 9.69. The van der Waals surface area contributed by atoms with Gasteiger partial charge in [0.05, 0.1) is 12.1 Å². The SMILES string of the molecule is CCOC(=O)C1CN(C)C2(CCCc3c(Cl)cccc32)CC1=O. The van der Waals surface area contributed by atoms with Crippen LogP contribution >= 0.6 is 11.6 Å². The van der Waals surface area contributed by atoms with E-state index in [9.17, 15) is 9.59 Å². The van der Waals surface area contributed by atoms with Crippen LogP contribution in [-0.4, -0.2) is 36.9 Å². The summed E-state index contributed by atoms with van der Waals surface area (Å²) >= 11 is 6.37. The number of esters is 1. The molecule has 0 radical (unpaired) electrons. The number of ether oxygens (including phenoxy) is 1. The van der Waals surface area contributed by atoms with E-state index in [1.807, 2.05) is 19.2 Å². The van der Waals surface area contributed by atoms with Gasteiger partial charge in [0.25, 0.3) is 0 Å². The van der Waals surface area contributed by atoms with E-state index in [4.69, 9.17) is 16.3 Å². The average molecular weight is 336 g/mol. The number of hydrogen-bond donors (Lipinski definition) is 0. The fourth-order valence-electron chi connectivity index (χ4n) is 4.07. The monoisotopic (exact) mass is 335 g/mol. The summed E-state index contributed by atoms with van der Waals surface area (Å²) in [4.78, 5) is 26.9. The zero-order chi connectivity index (χ0) is 16.6. The highest BCUT2D eigenvalue weighted by Crippen LogP contribution is 2.47. The van der Waals surface area contributed by atoms with E-state index in [1.165, 1.54) is 0 Å². The molecule has 2 atom stereocenters. The number of Topliss-reactive ketones (excluding diaryl/α,β-unsaturated/α-hetero) is 1. The molecule has 0 amide bonds. The molecule has 1 aromatic carbocycles. The Balaban J connectivity index is 1.96. The van der Waals surface area contributed by atoms with Gasteiger partial charge in [0.2, 0.25) is 0 Å². The molecule has 2 unspecified atom stereocenters. The molecule has 0 aromatic heterocycles. The highest BCUT2D eigenvalue weighted by Gasteiger charge is 2.49. The van der Waals surface area contributed by atoms with Crippen LogP contribution in [0.1, 0.15) is 37.3 Å². The minimum absolute atomic E-state index is 0.0191. The molecule has 124 valence electrons. The van der Waals surface area contributed by atoms with Crippen LogP contribution in [0.3, 0.4) is 0 Å². The molecule has 1 spiro atoms. The summed E-state index contributed by atoms with van der Waals surface area (Å²) in [5.74, 6) is -1.09. The number of fused-ring (bicyclic) bond motifs is 2. The van der Waals surface area contributed by atoms with E-state index in [0.29, 0.717) is 19.6 Å². The maximum absolute atomic E-state index is 12.7. The second-order valence-electron chi connectivity index (χ2n) is 6.48. The Morgan fingerprint density at radius 2 is 2.26 bits per heavy atom. The van der Waals surface area contributed by atoms with Crippen molar-refractivity contribution < 1.29 is 14.3 Å². The van der Waals surface area contributed by atoms with Gasteiger partial charge in [0.1, 0.15) is 5.92 Å². The number of piperidine rings is 1. The molecule has 1 aromatic rings. The highest BCUT2D eigenvalue weighted by molar-refractivity contribution is 6.31. The molecule has 23 heavy (non-hydrogen) atoms.